The average molecular weight is 493 g/mol. The van der Waals surface area contributed by atoms with Gasteiger partial charge in [0.1, 0.15) is 0 Å². The number of H-pyrrole nitrogens is 1. The third-order valence-electron chi connectivity index (χ3n) is 9.37. The normalized spacial score (nSPS) is 16.6. The first-order valence-corrected chi connectivity index (χ1v) is 13.8. The van der Waals surface area contributed by atoms with Crippen LogP contribution in [0, 0.1) is 0 Å². The van der Waals surface area contributed by atoms with E-state index in [-0.39, 0.29) is 10.8 Å². The molecule has 0 bridgehead atoms. The van der Waals surface area contributed by atoms with Crippen LogP contribution in [0.1, 0.15) is 51.7 Å². The Kier molecular flexibility index (Phi) is 4.22. The van der Waals surface area contributed by atoms with Crippen molar-refractivity contribution in [1.29, 1.82) is 0 Å². The van der Waals surface area contributed by atoms with Crippen LogP contribution in [0.3, 0.4) is 0 Å². The van der Waals surface area contributed by atoms with Gasteiger partial charge in [-0.2, -0.15) is 0 Å². The molecule has 186 valence electrons. The molecule has 0 fully saturated rings. The van der Waals surface area contributed by atoms with E-state index in [9.17, 15) is 0 Å². The zero-order chi connectivity index (χ0) is 25.8. The van der Waals surface area contributed by atoms with Crippen LogP contribution in [-0.4, -0.2) is 9.55 Å². The number of rotatable bonds is 1. The molecule has 8 rings (SSSR count). The number of para-hydroxylation sites is 1. The predicted molar refractivity (Wildman–Crippen MR) is 163 cm³/mol. The Morgan fingerprint density at radius 1 is 0.579 bits per heavy atom. The Bertz CT molecular complexity index is 2070. The summed E-state index contributed by atoms with van der Waals surface area (Å²) in [5, 5.41) is 7.96. The summed E-state index contributed by atoms with van der Waals surface area (Å²) in [6.07, 6.45) is 2.42. The SMILES string of the molecule is CC1(C)CCC(C)(C)c2cc3c(cc21)c1c2c(ccc1n3-c1ccccc1)[nH]c1ccc3ccccc3c12. The lowest BCUT2D eigenvalue weighted by Gasteiger charge is -2.42. The molecule has 2 aromatic heterocycles. The zero-order valence-electron chi connectivity index (χ0n) is 22.5. The molecular formula is C36H32N2. The van der Waals surface area contributed by atoms with Gasteiger partial charge in [0.25, 0.3) is 0 Å². The first kappa shape index (κ1) is 22.0. The van der Waals surface area contributed by atoms with Crippen molar-refractivity contribution >= 4 is 54.4 Å². The number of aromatic amines is 1. The fraction of sp³-hybridized carbons (Fsp3) is 0.222. The standard InChI is InChI=1S/C36H32N2/c1-35(2)18-19-36(3,4)27-21-31-25(20-26(27)35)33-30(38(31)23-11-6-5-7-12-23)17-16-29-34(33)32-24-13-9-8-10-22(24)14-15-28(32)37-29/h5-17,20-21,37H,18-19H2,1-4H3. The van der Waals surface area contributed by atoms with Gasteiger partial charge in [0.15, 0.2) is 0 Å². The van der Waals surface area contributed by atoms with Crippen molar-refractivity contribution in [3.63, 3.8) is 0 Å². The van der Waals surface area contributed by atoms with Crippen molar-refractivity contribution in [2.75, 3.05) is 0 Å². The monoisotopic (exact) mass is 492 g/mol. The number of nitrogens with one attached hydrogen (secondary N) is 1. The molecule has 7 aromatic rings. The maximum absolute atomic E-state index is 3.76. The van der Waals surface area contributed by atoms with Crippen molar-refractivity contribution in [2.24, 2.45) is 0 Å². The highest BCUT2D eigenvalue weighted by Gasteiger charge is 2.38. The van der Waals surface area contributed by atoms with Crippen LogP contribution >= 0.6 is 0 Å². The molecule has 1 aliphatic rings. The van der Waals surface area contributed by atoms with Crippen molar-refractivity contribution < 1.29 is 0 Å². The zero-order valence-corrected chi connectivity index (χ0v) is 22.5. The van der Waals surface area contributed by atoms with Gasteiger partial charge in [-0.3, -0.25) is 0 Å². The van der Waals surface area contributed by atoms with E-state index < -0.39 is 0 Å². The number of nitrogens with zero attached hydrogens (tertiary/aromatic N) is 1. The highest BCUT2D eigenvalue weighted by atomic mass is 15.0. The molecule has 38 heavy (non-hydrogen) atoms. The summed E-state index contributed by atoms with van der Waals surface area (Å²) in [7, 11) is 0. The van der Waals surface area contributed by atoms with Gasteiger partial charge in [0, 0.05) is 38.3 Å². The molecule has 0 saturated heterocycles. The van der Waals surface area contributed by atoms with Crippen LogP contribution in [0.5, 0.6) is 0 Å². The third-order valence-corrected chi connectivity index (χ3v) is 9.37. The quantitative estimate of drug-likeness (QED) is 0.235. The maximum atomic E-state index is 3.76. The number of hydrogen-bond acceptors (Lipinski definition) is 0. The minimum Gasteiger partial charge on any atom is -0.354 e. The van der Waals surface area contributed by atoms with Gasteiger partial charge < -0.3 is 9.55 Å². The molecular weight excluding hydrogens is 460 g/mol. The van der Waals surface area contributed by atoms with E-state index in [1.165, 1.54) is 84.0 Å². The maximum Gasteiger partial charge on any atom is 0.0548 e. The Balaban J connectivity index is 1.65. The van der Waals surface area contributed by atoms with Crippen LogP contribution in [0.4, 0.5) is 0 Å². The molecule has 0 aliphatic heterocycles. The lowest BCUT2D eigenvalue weighted by molar-refractivity contribution is 0.332. The number of benzene rings is 5. The van der Waals surface area contributed by atoms with Gasteiger partial charge >= 0.3 is 0 Å². The van der Waals surface area contributed by atoms with Gasteiger partial charge in [0.05, 0.1) is 11.0 Å². The van der Waals surface area contributed by atoms with E-state index in [1.807, 2.05) is 0 Å². The van der Waals surface area contributed by atoms with E-state index in [4.69, 9.17) is 0 Å². The Labute approximate surface area is 222 Å². The summed E-state index contributed by atoms with van der Waals surface area (Å²) < 4.78 is 2.49. The molecule has 1 aliphatic carbocycles. The topological polar surface area (TPSA) is 20.7 Å². The lowest BCUT2D eigenvalue weighted by atomic mass is 9.63. The smallest absolute Gasteiger partial charge is 0.0548 e. The second kappa shape index (κ2) is 7.29. The summed E-state index contributed by atoms with van der Waals surface area (Å²) in [6, 6.07) is 33.8. The Morgan fingerprint density at radius 2 is 1.24 bits per heavy atom. The molecule has 0 spiro atoms. The van der Waals surface area contributed by atoms with E-state index in [0.29, 0.717) is 0 Å². The molecule has 2 nitrogen and oxygen atoms in total. The van der Waals surface area contributed by atoms with Gasteiger partial charge in [0.2, 0.25) is 0 Å². The molecule has 2 heterocycles. The van der Waals surface area contributed by atoms with Crippen molar-refractivity contribution in [3.8, 4) is 5.69 Å². The first-order valence-electron chi connectivity index (χ1n) is 13.8. The highest BCUT2D eigenvalue weighted by Crippen LogP contribution is 2.50. The van der Waals surface area contributed by atoms with Crippen molar-refractivity contribution in [3.05, 3.63) is 102 Å². The lowest BCUT2D eigenvalue weighted by Crippen LogP contribution is -2.33. The Morgan fingerprint density at radius 3 is 2.03 bits per heavy atom. The van der Waals surface area contributed by atoms with Crippen LogP contribution in [0.25, 0.3) is 60.1 Å². The summed E-state index contributed by atoms with van der Waals surface area (Å²) >= 11 is 0. The summed E-state index contributed by atoms with van der Waals surface area (Å²) in [5.41, 5.74) is 9.51. The largest absolute Gasteiger partial charge is 0.354 e. The molecule has 0 unspecified atom stereocenters. The van der Waals surface area contributed by atoms with E-state index >= 15 is 0 Å². The van der Waals surface area contributed by atoms with Gasteiger partial charge in [-0.05, 0) is 88.0 Å². The van der Waals surface area contributed by atoms with E-state index in [0.717, 1.165) is 0 Å². The Hall–Kier alpha value is -4.04. The van der Waals surface area contributed by atoms with E-state index in [1.54, 1.807) is 0 Å². The van der Waals surface area contributed by atoms with Gasteiger partial charge in [-0.15, -0.1) is 0 Å². The van der Waals surface area contributed by atoms with Crippen LogP contribution in [-0.2, 0) is 10.8 Å². The van der Waals surface area contributed by atoms with Crippen molar-refractivity contribution in [1.82, 2.24) is 9.55 Å². The molecule has 0 radical (unpaired) electrons. The van der Waals surface area contributed by atoms with Gasteiger partial charge in [-0.1, -0.05) is 76.2 Å². The first-order chi connectivity index (χ1) is 18.3. The number of hydrogen-bond donors (Lipinski definition) is 1. The molecule has 1 N–H and O–H groups in total. The summed E-state index contributed by atoms with van der Waals surface area (Å²) in [5.74, 6) is 0. The average Bonchev–Trinajstić information content (AvgIpc) is 3.46. The molecule has 5 aromatic carbocycles. The molecule has 0 amide bonds. The molecule has 2 heteroatoms. The minimum absolute atomic E-state index is 0.154. The van der Waals surface area contributed by atoms with Crippen LogP contribution in [0.15, 0.2) is 91.0 Å². The summed E-state index contributed by atoms with van der Waals surface area (Å²) in [6.45, 7) is 9.70. The highest BCUT2D eigenvalue weighted by molar-refractivity contribution is 6.32. The molecule has 0 atom stereocenters. The molecule has 0 saturated carbocycles. The number of fused-ring (bicyclic) bond motifs is 10. The fourth-order valence-electron chi connectivity index (χ4n) is 7.18. The third kappa shape index (κ3) is 2.83. The van der Waals surface area contributed by atoms with Gasteiger partial charge in [-0.25, -0.2) is 0 Å². The second-order valence-electron chi connectivity index (χ2n) is 12.6. The van der Waals surface area contributed by atoms with E-state index in [2.05, 4.69) is 128 Å². The summed E-state index contributed by atoms with van der Waals surface area (Å²) in [4.78, 5) is 3.76. The predicted octanol–water partition coefficient (Wildman–Crippen LogP) is 9.92. The van der Waals surface area contributed by atoms with Crippen LogP contribution < -0.4 is 0 Å². The van der Waals surface area contributed by atoms with Crippen molar-refractivity contribution in [2.45, 2.75) is 51.4 Å². The van der Waals surface area contributed by atoms with Crippen LogP contribution in [0.2, 0.25) is 0 Å². The second-order valence-corrected chi connectivity index (χ2v) is 12.6. The fourth-order valence-corrected chi connectivity index (χ4v) is 7.18. The minimum atomic E-state index is 0.154. The number of aromatic nitrogens is 2.